The number of carbonyl (C=O) groups is 1. The van der Waals surface area contributed by atoms with Crippen LogP contribution in [-0.4, -0.2) is 36.0 Å². The predicted molar refractivity (Wildman–Crippen MR) is 49.4 cm³/mol. The molecule has 0 saturated heterocycles. The van der Waals surface area contributed by atoms with E-state index in [1.54, 1.807) is 17.9 Å². The number of hydrogen-bond acceptors (Lipinski definition) is 4. The molecule has 0 aliphatic carbocycles. The van der Waals surface area contributed by atoms with Gasteiger partial charge in [0.15, 0.2) is 5.69 Å². The molecule has 2 aromatic rings. The quantitative estimate of drug-likeness (QED) is 0.741. The van der Waals surface area contributed by atoms with Crippen LogP contribution in [0.4, 0.5) is 0 Å². The van der Waals surface area contributed by atoms with Gasteiger partial charge in [-0.05, 0) is 6.92 Å². The second kappa shape index (κ2) is 3.52. The molecule has 2 aromatic heterocycles. The second-order valence-electron chi connectivity index (χ2n) is 3.07. The minimum atomic E-state index is -1.03. The molecule has 0 radical (unpaired) electrons. The average Bonchev–Trinajstić information content (AvgIpc) is 2.78. The summed E-state index contributed by atoms with van der Waals surface area (Å²) in [6, 6.07) is 0. The minimum absolute atomic E-state index is 0.0464. The summed E-state index contributed by atoms with van der Waals surface area (Å²) in [7, 11) is 0. The molecule has 0 fully saturated rings. The van der Waals surface area contributed by atoms with Crippen molar-refractivity contribution in [2.24, 2.45) is 0 Å². The minimum Gasteiger partial charge on any atom is -0.476 e. The first kappa shape index (κ1) is 9.38. The fourth-order valence-electron chi connectivity index (χ4n) is 1.27. The molecule has 2 rings (SSSR count). The smallest absolute Gasteiger partial charge is 0.356 e. The molecule has 2 heterocycles. The van der Waals surface area contributed by atoms with Crippen LogP contribution in [0.2, 0.25) is 0 Å². The Morgan fingerprint density at radius 3 is 3.00 bits per heavy atom. The number of nitrogens with one attached hydrogen (secondary N) is 1. The van der Waals surface area contributed by atoms with E-state index >= 15 is 0 Å². The number of aromatic amines is 1. The summed E-state index contributed by atoms with van der Waals surface area (Å²) in [6.45, 7) is 2.14. The highest BCUT2D eigenvalue weighted by atomic mass is 16.4. The van der Waals surface area contributed by atoms with Crippen molar-refractivity contribution in [3.63, 3.8) is 0 Å². The zero-order chi connectivity index (χ0) is 10.8. The monoisotopic (exact) mass is 207 g/mol. The lowest BCUT2D eigenvalue weighted by Gasteiger charge is -1.98. The van der Waals surface area contributed by atoms with Crippen LogP contribution < -0.4 is 0 Å². The highest BCUT2D eigenvalue weighted by molar-refractivity contribution is 5.87. The van der Waals surface area contributed by atoms with Crippen molar-refractivity contribution in [3.05, 3.63) is 29.6 Å². The molecule has 15 heavy (non-hydrogen) atoms. The van der Waals surface area contributed by atoms with Crippen LogP contribution in [0.1, 0.15) is 21.7 Å². The fraction of sp³-hybridized carbons (Fsp3) is 0.250. The molecule has 0 atom stereocenters. The maximum absolute atomic E-state index is 10.7. The third-order valence-electron chi connectivity index (χ3n) is 2.10. The lowest BCUT2D eigenvalue weighted by atomic mass is 10.2. The van der Waals surface area contributed by atoms with E-state index in [1.807, 2.05) is 0 Å². The fourth-order valence-corrected chi connectivity index (χ4v) is 1.27. The summed E-state index contributed by atoms with van der Waals surface area (Å²) < 4.78 is 1.59. The topological polar surface area (TPSA) is 96.7 Å². The SMILES string of the molecule is Cc1c(C(=O)O)n[nH]c1Cn1cncn1. The van der Waals surface area contributed by atoms with Crippen molar-refractivity contribution in [3.8, 4) is 0 Å². The highest BCUT2D eigenvalue weighted by Gasteiger charge is 2.14. The summed E-state index contributed by atoms with van der Waals surface area (Å²) >= 11 is 0. The van der Waals surface area contributed by atoms with Gasteiger partial charge in [0.2, 0.25) is 0 Å². The van der Waals surface area contributed by atoms with Crippen LogP contribution >= 0.6 is 0 Å². The Hall–Kier alpha value is -2.18. The van der Waals surface area contributed by atoms with E-state index in [4.69, 9.17) is 5.11 Å². The van der Waals surface area contributed by atoms with Crippen LogP contribution in [0.5, 0.6) is 0 Å². The summed E-state index contributed by atoms with van der Waals surface area (Å²) in [5, 5.41) is 19.1. The van der Waals surface area contributed by atoms with E-state index in [2.05, 4.69) is 20.3 Å². The molecule has 0 aliphatic rings. The summed E-state index contributed by atoms with van der Waals surface area (Å²) in [5.74, 6) is -1.03. The normalized spacial score (nSPS) is 10.5. The summed E-state index contributed by atoms with van der Waals surface area (Å²) in [6.07, 6.45) is 2.98. The van der Waals surface area contributed by atoms with Gasteiger partial charge in [-0.15, -0.1) is 0 Å². The van der Waals surface area contributed by atoms with Gasteiger partial charge < -0.3 is 5.11 Å². The van der Waals surface area contributed by atoms with Gasteiger partial charge in [0.25, 0.3) is 0 Å². The van der Waals surface area contributed by atoms with Crippen molar-refractivity contribution in [2.45, 2.75) is 13.5 Å². The van der Waals surface area contributed by atoms with Gasteiger partial charge in [0.05, 0.1) is 12.2 Å². The maximum Gasteiger partial charge on any atom is 0.356 e. The summed E-state index contributed by atoms with van der Waals surface area (Å²) in [4.78, 5) is 14.5. The number of hydrogen-bond donors (Lipinski definition) is 2. The molecule has 0 aliphatic heterocycles. The first-order valence-electron chi connectivity index (χ1n) is 4.28. The molecule has 2 N–H and O–H groups in total. The Morgan fingerprint density at radius 1 is 1.67 bits per heavy atom. The van der Waals surface area contributed by atoms with Crippen molar-refractivity contribution in [1.82, 2.24) is 25.0 Å². The van der Waals surface area contributed by atoms with Gasteiger partial charge in [-0.25, -0.2) is 14.5 Å². The third kappa shape index (κ3) is 1.71. The standard InChI is InChI=1S/C8H9N5O2/c1-5-6(2-13-4-9-3-10-13)11-12-7(5)8(14)15/h3-4H,2H2,1H3,(H,11,12)(H,14,15). The number of H-pyrrole nitrogens is 1. The van der Waals surface area contributed by atoms with Crippen molar-refractivity contribution in [1.29, 1.82) is 0 Å². The molecule has 0 amide bonds. The molecule has 0 aromatic carbocycles. The number of aromatic carboxylic acids is 1. The van der Waals surface area contributed by atoms with Crippen LogP contribution in [-0.2, 0) is 6.54 Å². The second-order valence-corrected chi connectivity index (χ2v) is 3.07. The first-order chi connectivity index (χ1) is 7.18. The van der Waals surface area contributed by atoms with E-state index in [-0.39, 0.29) is 5.69 Å². The van der Waals surface area contributed by atoms with E-state index in [1.165, 1.54) is 6.33 Å². The van der Waals surface area contributed by atoms with Crippen LogP contribution in [0.3, 0.4) is 0 Å². The maximum atomic E-state index is 10.7. The Balaban J connectivity index is 2.27. The lowest BCUT2D eigenvalue weighted by molar-refractivity contribution is 0.0689. The zero-order valence-corrected chi connectivity index (χ0v) is 8.01. The van der Waals surface area contributed by atoms with Crippen molar-refractivity contribution in [2.75, 3.05) is 0 Å². The van der Waals surface area contributed by atoms with E-state index < -0.39 is 5.97 Å². The van der Waals surface area contributed by atoms with Gasteiger partial charge in [0.1, 0.15) is 12.7 Å². The van der Waals surface area contributed by atoms with Gasteiger partial charge in [-0.1, -0.05) is 0 Å². The Labute approximate surface area is 84.8 Å². The first-order valence-corrected chi connectivity index (χ1v) is 4.28. The molecule has 7 heteroatoms. The molecule has 0 saturated carbocycles. The lowest BCUT2D eigenvalue weighted by Crippen LogP contribution is -2.03. The van der Waals surface area contributed by atoms with E-state index in [0.29, 0.717) is 12.1 Å². The molecule has 0 unspecified atom stereocenters. The largest absolute Gasteiger partial charge is 0.476 e. The van der Waals surface area contributed by atoms with Gasteiger partial charge in [-0.2, -0.15) is 10.2 Å². The van der Waals surface area contributed by atoms with Crippen molar-refractivity contribution < 1.29 is 9.90 Å². The molecule has 0 bridgehead atoms. The molecule has 7 nitrogen and oxygen atoms in total. The Morgan fingerprint density at radius 2 is 2.47 bits per heavy atom. The van der Waals surface area contributed by atoms with Crippen LogP contribution in [0, 0.1) is 6.92 Å². The van der Waals surface area contributed by atoms with Crippen molar-refractivity contribution >= 4 is 5.97 Å². The highest BCUT2D eigenvalue weighted by Crippen LogP contribution is 2.10. The molecule has 78 valence electrons. The Kier molecular flexibility index (Phi) is 2.20. The molecular formula is C8H9N5O2. The number of carboxylic acid groups (broad SMARTS) is 1. The third-order valence-corrected chi connectivity index (χ3v) is 2.10. The Bertz CT molecular complexity index is 473. The predicted octanol–water partition coefficient (Wildman–Crippen LogP) is 0.0561. The number of nitrogens with zero attached hydrogens (tertiary/aromatic N) is 4. The number of carboxylic acids is 1. The average molecular weight is 207 g/mol. The van der Waals surface area contributed by atoms with Gasteiger partial charge in [0, 0.05) is 5.56 Å². The number of aromatic nitrogens is 5. The van der Waals surface area contributed by atoms with Crippen LogP contribution in [0.15, 0.2) is 12.7 Å². The van der Waals surface area contributed by atoms with Gasteiger partial charge >= 0.3 is 5.97 Å². The zero-order valence-electron chi connectivity index (χ0n) is 8.01. The number of rotatable bonds is 3. The molecular weight excluding hydrogens is 198 g/mol. The van der Waals surface area contributed by atoms with E-state index in [0.717, 1.165) is 5.69 Å². The van der Waals surface area contributed by atoms with Gasteiger partial charge in [-0.3, -0.25) is 5.10 Å². The van der Waals surface area contributed by atoms with Crippen LogP contribution in [0.25, 0.3) is 0 Å². The molecule has 0 spiro atoms. The van der Waals surface area contributed by atoms with E-state index in [9.17, 15) is 4.79 Å². The summed E-state index contributed by atoms with van der Waals surface area (Å²) in [5.41, 5.74) is 1.39.